The van der Waals surface area contributed by atoms with Gasteiger partial charge in [0.15, 0.2) is 5.82 Å². The van der Waals surface area contributed by atoms with Gasteiger partial charge in [0, 0.05) is 0 Å². The van der Waals surface area contributed by atoms with Crippen molar-refractivity contribution in [3.05, 3.63) is 18.1 Å². The highest BCUT2D eigenvalue weighted by atomic mass is 16.4. The van der Waals surface area contributed by atoms with E-state index in [2.05, 4.69) is 15.5 Å². The molecule has 100 valence electrons. The molecule has 7 heteroatoms. The van der Waals surface area contributed by atoms with Gasteiger partial charge in [-0.3, -0.25) is 4.79 Å². The summed E-state index contributed by atoms with van der Waals surface area (Å²) in [6.45, 7) is 1.83. The smallest absolute Gasteiger partial charge is 0.305 e. The Bertz CT molecular complexity index is 600. The van der Waals surface area contributed by atoms with E-state index in [1.165, 1.54) is 0 Å². The summed E-state index contributed by atoms with van der Waals surface area (Å²) in [7, 11) is 0. The van der Waals surface area contributed by atoms with Crippen LogP contribution in [0.2, 0.25) is 0 Å². The van der Waals surface area contributed by atoms with E-state index in [-0.39, 0.29) is 12.5 Å². The van der Waals surface area contributed by atoms with Gasteiger partial charge in [-0.15, -0.1) is 5.10 Å². The van der Waals surface area contributed by atoms with Gasteiger partial charge in [0.05, 0.1) is 24.3 Å². The van der Waals surface area contributed by atoms with Crippen molar-refractivity contribution >= 4 is 5.97 Å². The monoisotopic (exact) mass is 262 g/mol. The number of carboxylic acids is 1. The first-order valence-corrected chi connectivity index (χ1v) is 6.21. The zero-order chi connectivity index (χ0) is 13.4. The fourth-order valence-corrected chi connectivity index (χ4v) is 2.32. The molecule has 1 saturated carbocycles. The number of hydrogen-bond acceptors (Lipinski definition) is 5. The summed E-state index contributed by atoms with van der Waals surface area (Å²) in [5.74, 6) is 0.818. The molecule has 3 rings (SSSR count). The lowest BCUT2D eigenvalue weighted by Crippen LogP contribution is -2.18. The van der Waals surface area contributed by atoms with Gasteiger partial charge in [-0.05, 0) is 42.2 Å². The number of hydrogen-bond donors (Lipinski definition) is 1. The van der Waals surface area contributed by atoms with E-state index in [1.807, 2.05) is 6.92 Å². The van der Waals surface area contributed by atoms with Gasteiger partial charge >= 0.3 is 5.97 Å². The second-order valence-electron chi connectivity index (χ2n) is 4.84. The van der Waals surface area contributed by atoms with E-state index in [0.29, 0.717) is 11.7 Å². The van der Waals surface area contributed by atoms with Gasteiger partial charge in [0.1, 0.15) is 5.76 Å². The van der Waals surface area contributed by atoms with Crippen LogP contribution in [0.3, 0.4) is 0 Å². The maximum atomic E-state index is 11.0. The van der Waals surface area contributed by atoms with Crippen molar-refractivity contribution in [1.82, 2.24) is 20.2 Å². The molecule has 0 spiro atoms. The number of aliphatic carboxylic acids is 1. The molecule has 1 fully saturated rings. The van der Waals surface area contributed by atoms with E-state index in [1.54, 1.807) is 17.0 Å². The predicted octanol–water partition coefficient (Wildman–Crippen LogP) is 1.67. The molecular weight excluding hydrogens is 248 g/mol. The summed E-state index contributed by atoms with van der Waals surface area (Å²) < 4.78 is 6.88. The molecule has 2 heterocycles. The largest absolute Gasteiger partial charge is 0.481 e. The second-order valence-corrected chi connectivity index (χ2v) is 4.84. The van der Waals surface area contributed by atoms with Crippen molar-refractivity contribution in [3.63, 3.8) is 0 Å². The maximum Gasteiger partial charge on any atom is 0.305 e. The Labute approximate surface area is 109 Å². The van der Waals surface area contributed by atoms with Crippen molar-refractivity contribution in [3.8, 4) is 11.4 Å². The first-order chi connectivity index (χ1) is 9.16. The first kappa shape index (κ1) is 11.9. The highest BCUT2D eigenvalue weighted by molar-refractivity contribution is 5.67. The summed E-state index contributed by atoms with van der Waals surface area (Å²) in [5.41, 5.74) is 0.807. The lowest BCUT2D eigenvalue weighted by molar-refractivity contribution is -0.138. The molecule has 2 aromatic rings. The van der Waals surface area contributed by atoms with Crippen LogP contribution in [0, 0.1) is 12.8 Å². The van der Waals surface area contributed by atoms with Gasteiger partial charge in [-0.1, -0.05) is 0 Å². The Kier molecular flexibility index (Phi) is 2.81. The third-order valence-corrected chi connectivity index (χ3v) is 3.46. The number of carbonyl (C=O) groups is 1. The SMILES string of the molecule is Cc1occc1-c1nnnn1C(CC(=O)O)C1CC1. The molecule has 0 aliphatic heterocycles. The zero-order valence-electron chi connectivity index (χ0n) is 10.5. The highest BCUT2D eigenvalue weighted by Crippen LogP contribution is 2.42. The van der Waals surface area contributed by atoms with Gasteiger partial charge in [0.2, 0.25) is 0 Å². The molecule has 0 amide bonds. The first-order valence-electron chi connectivity index (χ1n) is 6.21. The number of aryl methyl sites for hydroxylation is 1. The van der Waals surface area contributed by atoms with Crippen molar-refractivity contribution in [1.29, 1.82) is 0 Å². The van der Waals surface area contributed by atoms with Crippen molar-refractivity contribution in [2.24, 2.45) is 5.92 Å². The molecule has 1 N–H and O–H groups in total. The molecular formula is C12H14N4O3. The molecule has 7 nitrogen and oxygen atoms in total. The van der Waals surface area contributed by atoms with Crippen LogP contribution in [-0.4, -0.2) is 31.3 Å². The quantitative estimate of drug-likeness (QED) is 0.880. The highest BCUT2D eigenvalue weighted by Gasteiger charge is 2.36. The molecule has 0 saturated heterocycles. The summed E-state index contributed by atoms with van der Waals surface area (Å²) in [6.07, 6.45) is 3.68. The number of carboxylic acid groups (broad SMARTS) is 1. The summed E-state index contributed by atoms with van der Waals surface area (Å²) in [6, 6.07) is 1.61. The Morgan fingerprint density at radius 1 is 1.63 bits per heavy atom. The van der Waals surface area contributed by atoms with Crippen LogP contribution in [0.15, 0.2) is 16.7 Å². The predicted molar refractivity (Wildman–Crippen MR) is 64.3 cm³/mol. The van der Waals surface area contributed by atoms with E-state index in [0.717, 1.165) is 24.2 Å². The Hall–Kier alpha value is -2.18. The molecule has 1 aliphatic carbocycles. The average molecular weight is 262 g/mol. The lowest BCUT2D eigenvalue weighted by atomic mass is 10.1. The minimum atomic E-state index is -0.831. The van der Waals surface area contributed by atoms with Crippen LogP contribution in [-0.2, 0) is 4.79 Å². The average Bonchev–Trinajstić information content (AvgIpc) is 2.94. The number of nitrogens with zero attached hydrogens (tertiary/aromatic N) is 4. The minimum absolute atomic E-state index is 0.0413. The van der Waals surface area contributed by atoms with Crippen LogP contribution in [0.1, 0.15) is 31.1 Å². The van der Waals surface area contributed by atoms with E-state index in [9.17, 15) is 4.79 Å². The fraction of sp³-hybridized carbons (Fsp3) is 0.500. The number of rotatable bonds is 5. The van der Waals surface area contributed by atoms with Gasteiger partial charge in [-0.2, -0.15) is 0 Å². The van der Waals surface area contributed by atoms with Gasteiger partial charge in [0.25, 0.3) is 0 Å². The van der Waals surface area contributed by atoms with Crippen LogP contribution < -0.4 is 0 Å². The second kappa shape index (κ2) is 4.49. The standard InChI is InChI=1S/C12H14N4O3/c1-7-9(4-5-19-7)12-13-14-15-16(12)10(6-11(17)18)8-2-3-8/h4-5,8,10H,2-3,6H2,1H3,(H,17,18). The molecule has 0 radical (unpaired) electrons. The number of tetrazole rings is 1. The Morgan fingerprint density at radius 2 is 2.42 bits per heavy atom. The molecule has 19 heavy (non-hydrogen) atoms. The topological polar surface area (TPSA) is 94.0 Å². The van der Waals surface area contributed by atoms with E-state index >= 15 is 0 Å². The van der Waals surface area contributed by atoms with Crippen LogP contribution in [0.5, 0.6) is 0 Å². The fourth-order valence-electron chi connectivity index (χ4n) is 2.32. The third kappa shape index (κ3) is 2.23. The van der Waals surface area contributed by atoms with Crippen molar-refractivity contribution in [2.75, 3.05) is 0 Å². The molecule has 1 unspecified atom stereocenters. The van der Waals surface area contributed by atoms with Crippen molar-refractivity contribution in [2.45, 2.75) is 32.2 Å². The van der Waals surface area contributed by atoms with Crippen molar-refractivity contribution < 1.29 is 14.3 Å². The van der Waals surface area contributed by atoms with E-state index in [4.69, 9.17) is 9.52 Å². The molecule has 1 atom stereocenters. The Morgan fingerprint density at radius 3 is 3.00 bits per heavy atom. The molecule has 0 bridgehead atoms. The van der Waals surface area contributed by atoms with E-state index < -0.39 is 5.97 Å². The van der Waals surface area contributed by atoms with Crippen LogP contribution in [0.4, 0.5) is 0 Å². The third-order valence-electron chi connectivity index (χ3n) is 3.46. The van der Waals surface area contributed by atoms with Crippen LogP contribution in [0.25, 0.3) is 11.4 Å². The summed E-state index contributed by atoms with van der Waals surface area (Å²) in [5, 5.41) is 20.7. The number of aromatic nitrogens is 4. The summed E-state index contributed by atoms with van der Waals surface area (Å²) >= 11 is 0. The minimum Gasteiger partial charge on any atom is -0.481 e. The lowest BCUT2D eigenvalue weighted by Gasteiger charge is -2.15. The molecule has 1 aliphatic rings. The zero-order valence-corrected chi connectivity index (χ0v) is 10.5. The Balaban J connectivity index is 1.98. The normalized spacial score (nSPS) is 16.5. The van der Waals surface area contributed by atoms with Gasteiger partial charge < -0.3 is 9.52 Å². The molecule has 2 aromatic heterocycles. The molecule has 0 aromatic carbocycles. The maximum absolute atomic E-state index is 11.0. The van der Waals surface area contributed by atoms with Crippen LogP contribution >= 0.6 is 0 Å². The number of furan rings is 1. The van der Waals surface area contributed by atoms with Gasteiger partial charge in [-0.25, -0.2) is 4.68 Å². The summed E-state index contributed by atoms with van der Waals surface area (Å²) in [4.78, 5) is 11.0.